The minimum Gasteiger partial charge on any atom is -0.497 e. The summed E-state index contributed by atoms with van der Waals surface area (Å²) in [5.41, 5.74) is 1.22. The standard InChI is InChI=1S/C15H17BrN2OS/c1-17-14(11-4-3-5-13(8-11)19-2)10-20-15-7-6-12(16)9-18-15/h3-9,14,17H,10H2,1-2H3. The molecule has 1 N–H and O–H groups in total. The first kappa shape index (κ1) is 15.4. The van der Waals surface area contributed by atoms with Gasteiger partial charge in [0, 0.05) is 22.5 Å². The lowest BCUT2D eigenvalue weighted by molar-refractivity contribution is 0.413. The number of hydrogen-bond donors (Lipinski definition) is 1. The maximum absolute atomic E-state index is 5.27. The van der Waals surface area contributed by atoms with Crippen LogP contribution in [0.4, 0.5) is 0 Å². The fourth-order valence-electron chi connectivity index (χ4n) is 1.82. The van der Waals surface area contributed by atoms with Crippen LogP contribution in [0.15, 0.2) is 52.1 Å². The molecule has 20 heavy (non-hydrogen) atoms. The van der Waals surface area contributed by atoms with E-state index in [1.54, 1.807) is 18.9 Å². The Morgan fingerprint density at radius 2 is 2.20 bits per heavy atom. The molecule has 0 spiro atoms. The Kier molecular flexibility index (Phi) is 5.88. The molecule has 0 aliphatic heterocycles. The molecule has 0 bridgehead atoms. The summed E-state index contributed by atoms with van der Waals surface area (Å²) in [6.07, 6.45) is 1.82. The lowest BCUT2D eigenvalue weighted by Gasteiger charge is -2.16. The van der Waals surface area contributed by atoms with E-state index in [1.165, 1.54) is 5.56 Å². The van der Waals surface area contributed by atoms with Crippen LogP contribution in [0.5, 0.6) is 5.75 Å². The van der Waals surface area contributed by atoms with Crippen molar-refractivity contribution in [2.24, 2.45) is 0 Å². The number of methoxy groups -OCH3 is 1. The molecule has 0 amide bonds. The summed E-state index contributed by atoms with van der Waals surface area (Å²) in [6.45, 7) is 0. The molecular weight excluding hydrogens is 336 g/mol. The van der Waals surface area contributed by atoms with Crippen molar-refractivity contribution in [3.63, 3.8) is 0 Å². The van der Waals surface area contributed by atoms with E-state index in [2.05, 4.69) is 38.4 Å². The van der Waals surface area contributed by atoms with Crippen molar-refractivity contribution in [1.82, 2.24) is 10.3 Å². The molecule has 5 heteroatoms. The zero-order valence-corrected chi connectivity index (χ0v) is 13.9. The van der Waals surface area contributed by atoms with E-state index in [0.29, 0.717) is 0 Å². The van der Waals surface area contributed by atoms with Crippen molar-refractivity contribution in [2.75, 3.05) is 19.9 Å². The molecule has 1 unspecified atom stereocenters. The van der Waals surface area contributed by atoms with E-state index in [1.807, 2.05) is 37.5 Å². The molecule has 1 atom stereocenters. The monoisotopic (exact) mass is 352 g/mol. The van der Waals surface area contributed by atoms with Crippen LogP contribution in [0.25, 0.3) is 0 Å². The molecule has 1 aromatic carbocycles. The molecular formula is C15H17BrN2OS. The second-order valence-corrected chi connectivity index (χ2v) is 6.20. The van der Waals surface area contributed by atoms with Gasteiger partial charge in [-0.1, -0.05) is 12.1 Å². The summed E-state index contributed by atoms with van der Waals surface area (Å²) in [6, 6.07) is 12.4. The molecule has 0 radical (unpaired) electrons. The van der Waals surface area contributed by atoms with Crippen molar-refractivity contribution in [3.05, 3.63) is 52.6 Å². The number of pyridine rings is 1. The molecule has 106 valence electrons. The van der Waals surface area contributed by atoms with Crippen molar-refractivity contribution in [2.45, 2.75) is 11.1 Å². The largest absolute Gasteiger partial charge is 0.497 e. The third-order valence-electron chi connectivity index (χ3n) is 2.94. The Morgan fingerprint density at radius 1 is 1.35 bits per heavy atom. The van der Waals surface area contributed by atoms with E-state index < -0.39 is 0 Å². The summed E-state index contributed by atoms with van der Waals surface area (Å²) in [5.74, 6) is 1.80. The molecule has 0 fully saturated rings. The molecule has 0 aliphatic carbocycles. The average Bonchev–Trinajstić information content (AvgIpc) is 2.50. The second kappa shape index (κ2) is 7.67. The first-order chi connectivity index (χ1) is 9.72. The minimum absolute atomic E-state index is 0.264. The SMILES string of the molecule is CNC(CSc1ccc(Br)cn1)c1cccc(OC)c1. The highest BCUT2D eigenvalue weighted by molar-refractivity contribution is 9.10. The minimum atomic E-state index is 0.264. The number of benzene rings is 1. The van der Waals surface area contributed by atoms with E-state index in [4.69, 9.17) is 4.74 Å². The maximum Gasteiger partial charge on any atom is 0.119 e. The van der Waals surface area contributed by atoms with Gasteiger partial charge in [0.05, 0.1) is 12.1 Å². The molecule has 1 aromatic heterocycles. The van der Waals surface area contributed by atoms with Gasteiger partial charge >= 0.3 is 0 Å². The number of nitrogens with one attached hydrogen (secondary N) is 1. The summed E-state index contributed by atoms with van der Waals surface area (Å²) in [4.78, 5) is 4.38. The van der Waals surface area contributed by atoms with Crippen molar-refractivity contribution in [3.8, 4) is 5.75 Å². The lowest BCUT2D eigenvalue weighted by Crippen LogP contribution is -2.18. The molecule has 3 nitrogen and oxygen atoms in total. The summed E-state index contributed by atoms with van der Waals surface area (Å²) in [7, 11) is 3.66. The van der Waals surface area contributed by atoms with Gasteiger partial charge in [0.2, 0.25) is 0 Å². The van der Waals surface area contributed by atoms with E-state index in [9.17, 15) is 0 Å². The highest BCUT2D eigenvalue weighted by Gasteiger charge is 2.11. The highest BCUT2D eigenvalue weighted by atomic mass is 79.9. The zero-order valence-electron chi connectivity index (χ0n) is 11.5. The quantitative estimate of drug-likeness (QED) is 0.799. The van der Waals surface area contributed by atoms with Crippen LogP contribution < -0.4 is 10.1 Å². The molecule has 0 saturated heterocycles. The third kappa shape index (κ3) is 4.23. The van der Waals surface area contributed by atoms with Gasteiger partial charge in [-0.05, 0) is 52.8 Å². The molecule has 0 aliphatic rings. The number of thioether (sulfide) groups is 1. The van der Waals surface area contributed by atoms with Gasteiger partial charge in [0.15, 0.2) is 0 Å². The van der Waals surface area contributed by atoms with Crippen LogP contribution in [0.2, 0.25) is 0 Å². The van der Waals surface area contributed by atoms with Gasteiger partial charge in [-0.2, -0.15) is 0 Å². The normalized spacial score (nSPS) is 12.2. The van der Waals surface area contributed by atoms with Crippen molar-refractivity contribution in [1.29, 1.82) is 0 Å². The Balaban J connectivity index is 2.03. The van der Waals surface area contributed by atoms with Crippen LogP contribution in [-0.4, -0.2) is 24.9 Å². The van der Waals surface area contributed by atoms with Crippen LogP contribution in [0.1, 0.15) is 11.6 Å². The fraction of sp³-hybridized carbons (Fsp3) is 0.267. The number of rotatable bonds is 6. The highest BCUT2D eigenvalue weighted by Crippen LogP contribution is 2.26. The topological polar surface area (TPSA) is 34.2 Å². The van der Waals surface area contributed by atoms with Gasteiger partial charge in [0.1, 0.15) is 5.75 Å². The second-order valence-electron chi connectivity index (χ2n) is 4.24. The molecule has 1 heterocycles. The molecule has 0 saturated carbocycles. The third-order valence-corrected chi connectivity index (χ3v) is 4.45. The summed E-state index contributed by atoms with van der Waals surface area (Å²) in [5, 5.41) is 4.36. The van der Waals surface area contributed by atoms with Gasteiger partial charge < -0.3 is 10.1 Å². The number of halogens is 1. The van der Waals surface area contributed by atoms with Gasteiger partial charge in [-0.25, -0.2) is 4.98 Å². The van der Waals surface area contributed by atoms with E-state index in [0.717, 1.165) is 21.0 Å². The number of ether oxygens (including phenoxy) is 1. The Hall–Kier alpha value is -1.04. The number of aromatic nitrogens is 1. The Labute approximate surface area is 132 Å². The zero-order chi connectivity index (χ0) is 14.4. The predicted octanol–water partition coefficient (Wildman–Crippen LogP) is 3.91. The fourth-order valence-corrected chi connectivity index (χ4v) is 3.04. The van der Waals surface area contributed by atoms with Gasteiger partial charge in [0.25, 0.3) is 0 Å². The van der Waals surface area contributed by atoms with Gasteiger partial charge in [-0.15, -0.1) is 11.8 Å². The lowest BCUT2D eigenvalue weighted by atomic mass is 10.1. The maximum atomic E-state index is 5.27. The number of hydrogen-bond acceptors (Lipinski definition) is 4. The van der Waals surface area contributed by atoms with Crippen LogP contribution in [0.3, 0.4) is 0 Å². The van der Waals surface area contributed by atoms with E-state index >= 15 is 0 Å². The first-order valence-electron chi connectivity index (χ1n) is 6.28. The van der Waals surface area contributed by atoms with Gasteiger partial charge in [-0.3, -0.25) is 0 Å². The van der Waals surface area contributed by atoms with Crippen molar-refractivity contribution < 1.29 is 4.74 Å². The van der Waals surface area contributed by atoms with Crippen molar-refractivity contribution >= 4 is 27.7 Å². The van der Waals surface area contributed by atoms with Crippen LogP contribution in [0, 0.1) is 0 Å². The first-order valence-corrected chi connectivity index (χ1v) is 8.06. The van der Waals surface area contributed by atoms with E-state index in [-0.39, 0.29) is 6.04 Å². The van der Waals surface area contributed by atoms with Crippen LogP contribution in [-0.2, 0) is 0 Å². The summed E-state index contributed by atoms with van der Waals surface area (Å²) >= 11 is 5.13. The smallest absolute Gasteiger partial charge is 0.119 e. The number of nitrogens with zero attached hydrogens (tertiary/aromatic N) is 1. The Morgan fingerprint density at radius 3 is 2.85 bits per heavy atom. The van der Waals surface area contributed by atoms with Crippen LogP contribution >= 0.6 is 27.7 Å². The Bertz CT molecular complexity index is 548. The molecule has 2 aromatic rings. The molecule has 2 rings (SSSR count). The predicted molar refractivity (Wildman–Crippen MR) is 87.5 cm³/mol. The summed E-state index contributed by atoms with van der Waals surface area (Å²) < 4.78 is 6.27. The average molecular weight is 353 g/mol.